The quantitative estimate of drug-likeness (QED) is 0.319. The largest absolute Gasteiger partial charge is 0.371 e. The standard InChI is InChI=1S/C7H7N4O2/c1-9-4-6(11(12)13)7-8-2-3-10(7)5-9/h3-4H,5H2,1H3/q+1. The number of hydrogen-bond acceptors (Lipinski definition) is 5. The van der Waals surface area contributed by atoms with Crippen LogP contribution in [0, 0.1) is 16.3 Å². The van der Waals surface area contributed by atoms with Gasteiger partial charge < -0.3 is 4.90 Å². The van der Waals surface area contributed by atoms with Crippen molar-refractivity contribution >= 4 is 5.84 Å². The van der Waals surface area contributed by atoms with E-state index in [4.69, 9.17) is 0 Å². The second-order valence-corrected chi connectivity index (χ2v) is 2.83. The predicted octanol–water partition coefficient (Wildman–Crippen LogP) is -0.166. The molecule has 0 aromatic carbocycles. The molecule has 0 aliphatic carbocycles. The summed E-state index contributed by atoms with van der Waals surface area (Å²) in [6.07, 6.45) is 5.65. The summed E-state index contributed by atoms with van der Waals surface area (Å²) in [6.45, 7) is 0.573. The van der Waals surface area contributed by atoms with Crippen LogP contribution >= 0.6 is 0 Å². The maximum atomic E-state index is 10.6. The van der Waals surface area contributed by atoms with E-state index in [0.717, 1.165) is 0 Å². The average molecular weight is 179 g/mol. The third kappa shape index (κ3) is 1.20. The molecule has 0 spiro atoms. The number of fused-ring (bicyclic) bond motifs is 1. The molecule has 0 N–H and O–H groups in total. The Bertz CT molecular complexity index is 344. The molecule has 6 nitrogen and oxygen atoms in total. The van der Waals surface area contributed by atoms with Gasteiger partial charge in [0, 0.05) is 7.05 Å². The van der Waals surface area contributed by atoms with Crippen LogP contribution in [0.5, 0.6) is 0 Å². The van der Waals surface area contributed by atoms with Gasteiger partial charge in [0.05, 0.1) is 11.1 Å². The van der Waals surface area contributed by atoms with Crippen molar-refractivity contribution in [1.82, 2.24) is 9.80 Å². The topological polar surface area (TPSA) is 64.6 Å². The molecule has 0 fully saturated rings. The fourth-order valence-electron chi connectivity index (χ4n) is 1.27. The summed E-state index contributed by atoms with van der Waals surface area (Å²) < 4.78 is 0. The summed E-state index contributed by atoms with van der Waals surface area (Å²) in [7, 11) is 1.77. The molecule has 6 heteroatoms. The van der Waals surface area contributed by atoms with Crippen molar-refractivity contribution in [2.75, 3.05) is 13.7 Å². The molecular formula is C7H7N4O2+. The first-order valence-corrected chi connectivity index (χ1v) is 3.68. The third-order valence-corrected chi connectivity index (χ3v) is 1.80. The molecule has 2 radical (unpaired) electrons. The first-order valence-electron chi connectivity index (χ1n) is 3.68. The van der Waals surface area contributed by atoms with Crippen LogP contribution in [-0.2, 0) is 0 Å². The van der Waals surface area contributed by atoms with Crippen LogP contribution in [0.1, 0.15) is 0 Å². The lowest BCUT2D eigenvalue weighted by Gasteiger charge is -2.16. The van der Waals surface area contributed by atoms with Gasteiger partial charge in [-0.05, 0) is 0 Å². The Morgan fingerprint density at radius 2 is 2.62 bits per heavy atom. The fourth-order valence-corrected chi connectivity index (χ4v) is 1.27. The highest BCUT2D eigenvalue weighted by molar-refractivity contribution is 6.00. The van der Waals surface area contributed by atoms with E-state index in [1.165, 1.54) is 6.20 Å². The Morgan fingerprint density at radius 3 is 3.31 bits per heavy atom. The fraction of sp³-hybridized carbons (Fsp3) is 0.286. The lowest BCUT2D eigenvalue weighted by atomic mass is 10.3. The molecule has 0 saturated carbocycles. The Morgan fingerprint density at radius 1 is 1.85 bits per heavy atom. The number of hydrogen-bond donors (Lipinski definition) is 0. The molecule has 0 aromatic heterocycles. The molecule has 2 aliphatic rings. The zero-order chi connectivity index (χ0) is 9.42. The highest BCUT2D eigenvalue weighted by Gasteiger charge is 2.41. The Balaban J connectivity index is 2.39. The van der Waals surface area contributed by atoms with Crippen molar-refractivity contribution in [3.63, 3.8) is 0 Å². The smallest absolute Gasteiger partial charge is 0.323 e. The van der Waals surface area contributed by atoms with E-state index < -0.39 is 4.92 Å². The van der Waals surface area contributed by atoms with Crippen LogP contribution in [0.15, 0.2) is 23.1 Å². The second kappa shape index (κ2) is 2.67. The minimum absolute atomic E-state index is 0.00926. The van der Waals surface area contributed by atoms with Gasteiger partial charge in [-0.1, -0.05) is 4.90 Å². The van der Waals surface area contributed by atoms with Gasteiger partial charge in [-0.2, -0.15) is 4.99 Å². The summed E-state index contributed by atoms with van der Waals surface area (Å²) in [5.74, 6) is 0.364. The van der Waals surface area contributed by atoms with Gasteiger partial charge in [-0.3, -0.25) is 10.1 Å². The molecule has 0 aromatic rings. The summed E-state index contributed by atoms with van der Waals surface area (Å²) >= 11 is 0. The molecule has 0 saturated heterocycles. The van der Waals surface area contributed by atoms with Crippen LogP contribution in [-0.4, -0.2) is 29.4 Å². The molecule has 2 aliphatic heterocycles. The van der Waals surface area contributed by atoms with E-state index >= 15 is 0 Å². The van der Waals surface area contributed by atoms with Gasteiger partial charge in [0.15, 0.2) is 12.4 Å². The van der Waals surface area contributed by atoms with E-state index in [0.29, 0.717) is 12.5 Å². The molecule has 0 amide bonds. The lowest BCUT2D eigenvalue weighted by Crippen LogP contribution is -2.44. The number of nitro groups is 1. The summed E-state index contributed by atoms with van der Waals surface area (Å²) in [4.78, 5) is 17.4. The third-order valence-electron chi connectivity index (χ3n) is 1.80. The Labute approximate surface area is 74.6 Å². The predicted molar refractivity (Wildman–Crippen MR) is 45.1 cm³/mol. The molecule has 2 heterocycles. The van der Waals surface area contributed by atoms with Crippen LogP contribution in [0.4, 0.5) is 0 Å². The Hall–Kier alpha value is -1.69. The van der Waals surface area contributed by atoms with E-state index in [1.807, 2.05) is 0 Å². The summed E-state index contributed by atoms with van der Waals surface area (Å²) in [6, 6.07) is 0. The van der Waals surface area contributed by atoms with Gasteiger partial charge in [0.2, 0.25) is 6.67 Å². The van der Waals surface area contributed by atoms with Crippen LogP contribution in [0.25, 0.3) is 0 Å². The molecule has 0 bridgehead atoms. The van der Waals surface area contributed by atoms with E-state index in [1.54, 1.807) is 23.0 Å². The normalized spacial score (nSPS) is 21.2. The molecule has 2 rings (SSSR count). The summed E-state index contributed by atoms with van der Waals surface area (Å²) in [5, 5.41) is 10.6. The maximum Gasteiger partial charge on any atom is 0.371 e. The second-order valence-electron chi connectivity index (χ2n) is 2.83. The highest BCUT2D eigenvalue weighted by Crippen LogP contribution is 2.14. The lowest BCUT2D eigenvalue weighted by molar-refractivity contribution is -0.417. The van der Waals surface area contributed by atoms with Crippen molar-refractivity contribution in [2.24, 2.45) is 4.99 Å². The molecule has 66 valence electrons. The van der Waals surface area contributed by atoms with Gasteiger partial charge in [0.1, 0.15) is 0 Å². The highest BCUT2D eigenvalue weighted by atomic mass is 16.6. The van der Waals surface area contributed by atoms with Crippen LogP contribution in [0.3, 0.4) is 0 Å². The van der Waals surface area contributed by atoms with Crippen LogP contribution in [0.2, 0.25) is 0 Å². The molecule has 13 heavy (non-hydrogen) atoms. The molecular weight excluding hydrogens is 172 g/mol. The van der Waals surface area contributed by atoms with Crippen molar-refractivity contribution in [1.29, 1.82) is 0 Å². The maximum absolute atomic E-state index is 10.6. The Kier molecular flexibility index (Phi) is 1.63. The van der Waals surface area contributed by atoms with Gasteiger partial charge in [-0.15, -0.1) is 0 Å². The number of amidine groups is 1. The zero-order valence-electron chi connectivity index (χ0n) is 6.97. The minimum Gasteiger partial charge on any atom is -0.323 e. The zero-order valence-corrected chi connectivity index (χ0v) is 6.97. The van der Waals surface area contributed by atoms with Gasteiger partial charge in [-0.25, -0.2) is 0 Å². The molecule has 0 unspecified atom stereocenters. The van der Waals surface area contributed by atoms with E-state index in [9.17, 15) is 10.1 Å². The first-order chi connectivity index (χ1) is 6.18. The van der Waals surface area contributed by atoms with Crippen LogP contribution < -0.4 is 4.90 Å². The average Bonchev–Trinajstić information content (AvgIpc) is 2.49. The van der Waals surface area contributed by atoms with Crippen molar-refractivity contribution in [2.45, 2.75) is 0 Å². The first kappa shape index (κ1) is 7.93. The number of aliphatic imine (C=N–C) groups is 1. The summed E-state index contributed by atoms with van der Waals surface area (Å²) in [5.41, 5.74) is 0.00926. The van der Waals surface area contributed by atoms with Crippen molar-refractivity contribution in [3.8, 4) is 0 Å². The minimum atomic E-state index is -0.442. The van der Waals surface area contributed by atoms with Crippen molar-refractivity contribution < 1.29 is 4.92 Å². The number of nitrogens with zero attached hydrogens (tertiary/aromatic N) is 4. The monoisotopic (exact) mass is 179 g/mol. The van der Waals surface area contributed by atoms with E-state index in [2.05, 4.69) is 11.2 Å². The van der Waals surface area contributed by atoms with Crippen molar-refractivity contribution in [3.05, 3.63) is 34.4 Å². The van der Waals surface area contributed by atoms with E-state index in [-0.39, 0.29) is 5.70 Å². The molecule has 0 atom stereocenters. The SMILES string of the molecule is CN1C=C([N+](=O)[O-])C2=N[C]=C[N+]2C1. The number of rotatable bonds is 1. The van der Waals surface area contributed by atoms with Gasteiger partial charge >= 0.3 is 11.5 Å². The van der Waals surface area contributed by atoms with Gasteiger partial charge in [0.25, 0.3) is 0 Å².